The van der Waals surface area contributed by atoms with Gasteiger partial charge in [0.15, 0.2) is 0 Å². The third kappa shape index (κ3) is 24.8. The Hall–Kier alpha value is -2.10. The zero-order valence-electron chi connectivity index (χ0n) is 34.1. The Balaban J connectivity index is 6.66. The molecule has 0 rings (SSSR count). The minimum atomic E-state index is -5.21. The molecule has 0 radical (unpaired) electrons. The summed E-state index contributed by atoms with van der Waals surface area (Å²) in [5.74, 6) is -3.25. The first-order chi connectivity index (χ1) is 24.6. The fourth-order valence-corrected chi connectivity index (χ4v) is 7.15. The second-order valence-corrected chi connectivity index (χ2v) is 17.6. The van der Waals surface area contributed by atoms with Crippen LogP contribution in [0.2, 0.25) is 0 Å². The molecule has 0 bridgehead atoms. The lowest BCUT2D eigenvalue weighted by molar-refractivity contribution is 0.114. The summed E-state index contributed by atoms with van der Waals surface area (Å²) in [5, 5.41) is 0. The van der Waals surface area contributed by atoms with Crippen LogP contribution in [0, 0.1) is 0 Å². The van der Waals surface area contributed by atoms with E-state index in [-0.39, 0.29) is 22.3 Å². The molecule has 0 N–H and O–H groups in total. The van der Waals surface area contributed by atoms with Gasteiger partial charge in [-0.25, -0.2) is 26.7 Å². The van der Waals surface area contributed by atoms with Crippen LogP contribution < -0.4 is 0 Å². The molecule has 0 unspecified atom stereocenters. The number of phosphoric ester groups is 2. The smallest absolute Gasteiger partial charge is 0.279 e. The molecular formula is C40H64F4O7P2. The Kier molecular flexibility index (Phi) is 25.6. The molecule has 0 atom stereocenters. The molecule has 0 spiro atoms. The van der Waals surface area contributed by atoms with Crippen LogP contribution in [0.3, 0.4) is 0 Å². The molecular weight excluding hydrogens is 730 g/mol. The molecule has 0 aromatic rings. The first-order valence-corrected chi connectivity index (χ1v) is 20.9. The van der Waals surface area contributed by atoms with E-state index in [1.54, 1.807) is 0 Å². The lowest BCUT2D eigenvalue weighted by Gasteiger charge is -2.23. The third-order valence-corrected chi connectivity index (χ3v) is 11.1. The summed E-state index contributed by atoms with van der Waals surface area (Å²) in [7, 11) is -10.4. The standard InChI is InChI=1S/C40H64F4O7P2/c1-29(2)17-13-21-33(9)37(41)25-47-52(45,48-26-38(42)34(10)22-14-18-30(3)4)51-53(46,49-27-39(43)35(11)23-15-19-31(5)6)50-28-40(44)36(12)24-16-20-32(7)8/h17-20H,13-16,21-28H2,1-12H3/b37-33-,38-34-,39-35-,40-36-. The highest BCUT2D eigenvalue weighted by atomic mass is 31.3. The van der Waals surface area contributed by atoms with Gasteiger partial charge in [0.1, 0.15) is 49.7 Å². The van der Waals surface area contributed by atoms with Crippen LogP contribution in [0.25, 0.3) is 0 Å². The van der Waals surface area contributed by atoms with Crippen molar-refractivity contribution < 1.29 is 49.1 Å². The monoisotopic (exact) mass is 794 g/mol. The fourth-order valence-electron chi connectivity index (χ4n) is 4.18. The van der Waals surface area contributed by atoms with Crippen LogP contribution in [-0.4, -0.2) is 26.4 Å². The molecule has 7 nitrogen and oxygen atoms in total. The topological polar surface area (TPSA) is 80.3 Å². The predicted octanol–water partition coefficient (Wildman–Crippen LogP) is 15.2. The Morgan fingerprint density at radius 3 is 0.755 bits per heavy atom. The maximum Gasteiger partial charge on any atom is 0.484 e. The lowest BCUT2D eigenvalue weighted by atomic mass is 10.1. The summed E-state index contributed by atoms with van der Waals surface area (Å²) in [6, 6.07) is 0. The predicted molar refractivity (Wildman–Crippen MR) is 210 cm³/mol. The van der Waals surface area contributed by atoms with Gasteiger partial charge < -0.3 is 0 Å². The van der Waals surface area contributed by atoms with Crippen LogP contribution in [0.15, 0.2) is 92.2 Å². The Morgan fingerprint density at radius 2 is 0.585 bits per heavy atom. The number of hydrogen-bond donors (Lipinski definition) is 0. The second kappa shape index (κ2) is 26.7. The maximum atomic E-state index is 15.2. The second-order valence-electron chi connectivity index (χ2n) is 14.1. The van der Waals surface area contributed by atoms with Crippen molar-refractivity contribution in [2.45, 2.75) is 134 Å². The van der Waals surface area contributed by atoms with Crippen LogP contribution in [-0.2, 0) is 31.5 Å². The molecule has 53 heavy (non-hydrogen) atoms. The number of halogens is 4. The molecule has 0 aliphatic heterocycles. The molecule has 0 aliphatic rings. The highest BCUT2D eigenvalue weighted by molar-refractivity contribution is 7.62. The summed E-state index contributed by atoms with van der Waals surface area (Å²) in [5.41, 5.74) is 5.29. The number of hydrogen-bond acceptors (Lipinski definition) is 7. The fraction of sp³-hybridized carbons (Fsp3) is 0.600. The summed E-state index contributed by atoms with van der Waals surface area (Å²) in [4.78, 5) is 0. The van der Waals surface area contributed by atoms with Gasteiger partial charge in [-0.05, 0) is 157 Å². The maximum absolute atomic E-state index is 15.2. The van der Waals surface area contributed by atoms with E-state index in [1.807, 2.05) is 79.7 Å². The van der Waals surface area contributed by atoms with E-state index in [0.717, 1.165) is 22.3 Å². The van der Waals surface area contributed by atoms with Crippen LogP contribution in [0.5, 0.6) is 0 Å². The molecule has 0 aromatic carbocycles. The van der Waals surface area contributed by atoms with Crippen molar-refractivity contribution in [1.82, 2.24) is 0 Å². The van der Waals surface area contributed by atoms with Gasteiger partial charge in [-0.15, -0.1) is 0 Å². The highest BCUT2D eigenvalue weighted by Gasteiger charge is 2.42. The van der Waals surface area contributed by atoms with Crippen molar-refractivity contribution in [2.24, 2.45) is 0 Å². The molecule has 0 heterocycles. The van der Waals surface area contributed by atoms with E-state index in [9.17, 15) is 9.13 Å². The first kappa shape index (κ1) is 50.9. The molecule has 13 heteroatoms. The average Bonchev–Trinajstić information content (AvgIpc) is 3.06. The van der Waals surface area contributed by atoms with Gasteiger partial charge in [-0.1, -0.05) is 46.6 Å². The Bertz CT molecular complexity index is 1300. The van der Waals surface area contributed by atoms with Crippen LogP contribution >= 0.6 is 15.6 Å². The van der Waals surface area contributed by atoms with Crippen molar-refractivity contribution in [3.05, 3.63) is 92.2 Å². The third-order valence-electron chi connectivity index (χ3n) is 7.74. The molecule has 0 fully saturated rings. The lowest BCUT2D eigenvalue weighted by Crippen LogP contribution is -2.09. The minimum Gasteiger partial charge on any atom is -0.279 e. The Morgan fingerprint density at radius 1 is 0.396 bits per heavy atom. The van der Waals surface area contributed by atoms with Gasteiger partial charge >= 0.3 is 15.6 Å². The van der Waals surface area contributed by atoms with E-state index in [0.29, 0.717) is 51.4 Å². The number of rotatable bonds is 26. The summed E-state index contributed by atoms with van der Waals surface area (Å²) < 4.78 is 115. The van der Waals surface area contributed by atoms with E-state index in [1.165, 1.54) is 27.7 Å². The summed E-state index contributed by atoms with van der Waals surface area (Å²) in [6.45, 7) is 17.5. The molecule has 0 aliphatic carbocycles. The quantitative estimate of drug-likeness (QED) is 0.0490. The molecule has 0 amide bonds. The molecule has 0 saturated carbocycles. The van der Waals surface area contributed by atoms with Crippen molar-refractivity contribution in [3.8, 4) is 0 Å². The van der Waals surface area contributed by atoms with Gasteiger partial charge in [-0.2, -0.15) is 4.31 Å². The van der Waals surface area contributed by atoms with Crippen molar-refractivity contribution in [1.29, 1.82) is 0 Å². The Labute approximate surface area is 317 Å². The van der Waals surface area contributed by atoms with Crippen LogP contribution in [0.1, 0.15) is 134 Å². The van der Waals surface area contributed by atoms with Gasteiger partial charge in [0.2, 0.25) is 0 Å². The SMILES string of the molecule is CC(C)=CCC/C(C)=C(\F)COP(=O)(OC/C(F)=C(\C)CCC=C(C)C)OP(=O)(OC/C(F)=C(\C)CCC=C(C)C)OC/C(F)=C(\C)CCC=C(C)C. The van der Waals surface area contributed by atoms with Crippen molar-refractivity contribution in [2.75, 3.05) is 26.4 Å². The van der Waals surface area contributed by atoms with Crippen molar-refractivity contribution >= 4 is 15.6 Å². The zero-order valence-corrected chi connectivity index (χ0v) is 35.8. The van der Waals surface area contributed by atoms with Gasteiger partial charge in [0.25, 0.3) is 0 Å². The molecule has 0 aromatic heterocycles. The first-order valence-electron chi connectivity index (χ1n) is 18.0. The van der Waals surface area contributed by atoms with E-state index in [4.69, 9.17) is 22.4 Å². The van der Waals surface area contributed by atoms with Crippen LogP contribution in [0.4, 0.5) is 17.6 Å². The van der Waals surface area contributed by atoms with E-state index >= 15 is 17.6 Å². The zero-order chi connectivity index (χ0) is 40.8. The largest absolute Gasteiger partial charge is 0.484 e. The van der Waals surface area contributed by atoms with E-state index < -0.39 is 65.4 Å². The van der Waals surface area contributed by atoms with Gasteiger partial charge in [-0.3, -0.25) is 18.1 Å². The average molecular weight is 795 g/mol. The number of allylic oxidation sites excluding steroid dienone is 12. The number of phosphoric acid groups is 2. The molecule has 0 saturated heterocycles. The summed E-state index contributed by atoms with van der Waals surface area (Å²) in [6.07, 6.45) is 11.1. The summed E-state index contributed by atoms with van der Waals surface area (Å²) >= 11 is 0. The highest BCUT2D eigenvalue weighted by Crippen LogP contribution is 2.66. The van der Waals surface area contributed by atoms with Crippen molar-refractivity contribution in [3.63, 3.8) is 0 Å². The normalized spacial score (nSPS) is 14.0. The van der Waals surface area contributed by atoms with Gasteiger partial charge in [0.05, 0.1) is 0 Å². The van der Waals surface area contributed by atoms with E-state index in [2.05, 4.69) is 0 Å². The van der Waals surface area contributed by atoms with Gasteiger partial charge in [0, 0.05) is 0 Å². The molecule has 304 valence electrons. The minimum absolute atomic E-state index is 0.275.